The third-order valence-corrected chi connectivity index (χ3v) is 0. The zero-order valence-electron chi connectivity index (χ0n) is 2.07. The fourth-order valence-corrected chi connectivity index (χ4v) is 0. The minimum absolute atomic E-state index is 0. The molecule has 0 N–H and O–H groups in total. The van der Waals surface area contributed by atoms with Crippen LogP contribution in [-0.2, 0) is 44.4 Å². The Morgan fingerprint density at radius 2 is 1.00 bits per heavy atom. The molecule has 7 radical (unpaired) electrons. The Hall–Kier alpha value is 4.10. The van der Waals surface area contributed by atoms with Gasteiger partial charge in [-0.1, -0.05) is 0 Å². The molecule has 0 atom stereocenters. The van der Waals surface area contributed by atoms with Crippen LogP contribution in [0.4, 0.5) is 0 Å². The quantitative estimate of drug-likeness (QED) is 0.349. The third-order valence-electron chi connectivity index (χ3n) is 0. The Bertz CT molecular complexity index is 11.6. The topological polar surface area (TPSA) is 0 Å². The van der Waals surface area contributed by atoms with Crippen LogP contribution in [-0.4, -0.2) is 84.2 Å². The number of hydrogen-bond acceptors (Lipinski definition) is 0. The van der Waals surface area contributed by atoms with Crippen LogP contribution in [0, 0.1) is 0 Å². The van der Waals surface area contributed by atoms with E-state index in [2.05, 4.69) is 0 Å². The van der Waals surface area contributed by atoms with E-state index in [1.807, 2.05) is 0 Å². The molecular formula is H2AlAsBaCoHg. The molecule has 0 rings (SSSR count). The summed E-state index contributed by atoms with van der Waals surface area (Å²) < 4.78 is 0. The van der Waals surface area contributed by atoms with E-state index < -0.39 is 0 Å². The van der Waals surface area contributed by atoms with Gasteiger partial charge in [-0.25, -0.2) is 0 Å². The van der Waals surface area contributed by atoms with Crippen molar-refractivity contribution in [1.29, 1.82) is 0 Å². The predicted molar refractivity (Wildman–Crippen MR) is 20.1 cm³/mol. The fourth-order valence-electron chi connectivity index (χ4n) is 0. The van der Waals surface area contributed by atoms with E-state index >= 15 is 0 Å². The van der Waals surface area contributed by atoms with Gasteiger partial charge in [-0.05, 0) is 0 Å². The van der Waals surface area contributed by atoms with E-state index in [-0.39, 0.29) is 129 Å². The first kappa shape index (κ1) is 35.5. The molecule has 0 aliphatic carbocycles. The molecule has 0 saturated carbocycles. The molecule has 0 aromatic rings. The van der Waals surface area contributed by atoms with Gasteiger partial charge in [0.1, 0.15) is 0 Å². The van der Waals surface area contributed by atoms with Gasteiger partial charge >= 0.3 is 48.9 Å². The van der Waals surface area contributed by atoms with Crippen LogP contribution in [0.1, 0.15) is 0 Å². The van der Waals surface area contributed by atoms with Gasteiger partial charge in [0.05, 0.1) is 0 Å². The minimum atomic E-state index is 0. The van der Waals surface area contributed by atoms with Crippen LogP contribution in [0.25, 0.3) is 0 Å². The Morgan fingerprint density at radius 3 is 1.00 bits per heavy atom. The van der Waals surface area contributed by atoms with E-state index in [1.54, 1.807) is 0 Å². The third kappa shape index (κ3) is 17.9. The van der Waals surface area contributed by atoms with Gasteiger partial charge in [-0.2, -0.15) is 0 Å². The zero-order chi connectivity index (χ0) is 0. The first-order chi connectivity index (χ1) is 0. The van der Waals surface area contributed by atoms with Crippen LogP contribution in [0.3, 0.4) is 0 Å². The second-order valence-electron chi connectivity index (χ2n) is 0. The first-order valence-electron chi connectivity index (χ1n) is 0. The maximum Gasteiger partial charge on any atom is 0 e. The summed E-state index contributed by atoms with van der Waals surface area (Å²) in [6, 6.07) is 0. The molecule has 0 amide bonds. The summed E-state index contributed by atoms with van der Waals surface area (Å²) in [6.07, 6.45) is 0. The summed E-state index contributed by atoms with van der Waals surface area (Å²) in [7, 11) is 0. The van der Waals surface area contributed by atoms with Crippen molar-refractivity contribution in [3.8, 4) is 0 Å². The maximum atomic E-state index is 0. The van der Waals surface area contributed by atoms with E-state index in [1.165, 1.54) is 0 Å². The molecule has 0 fully saturated rings. The summed E-state index contributed by atoms with van der Waals surface area (Å²) in [5.41, 5.74) is 0. The smallest absolute Gasteiger partial charge is 0 e. The molecular weight excluding hydrogens is 499 g/mol. The van der Waals surface area contributed by atoms with Crippen molar-refractivity contribution in [2.45, 2.75) is 0 Å². The van der Waals surface area contributed by atoms with E-state index in [9.17, 15) is 0 Å². The van der Waals surface area contributed by atoms with Crippen molar-refractivity contribution in [2.75, 3.05) is 0 Å². The van der Waals surface area contributed by atoms with Crippen molar-refractivity contribution in [2.24, 2.45) is 0 Å². The Kier molecular flexibility index (Phi) is 172. The molecule has 0 heterocycles. The Labute approximate surface area is 125 Å². The minimum Gasteiger partial charge on any atom is 0 e. The summed E-state index contributed by atoms with van der Waals surface area (Å²) in [5, 5.41) is 0. The van der Waals surface area contributed by atoms with E-state index in [4.69, 9.17) is 0 Å². The molecule has 5 heavy (non-hydrogen) atoms. The summed E-state index contributed by atoms with van der Waals surface area (Å²) in [4.78, 5) is 0. The molecule has 5 heteroatoms. The van der Waals surface area contributed by atoms with Crippen molar-refractivity contribution in [3.63, 3.8) is 0 Å². The predicted octanol–water partition coefficient (Wildman–Crippen LogP) is -1.68. The van der Waals surface area contributed by atoms with Crippen molar-refractivity contribution in [1.82, 2.24) is 0 Å². The van der Waals surface area contributed by atoms with Gasteiger partial charge in [0.15, 0.2) is 0 Å². The second-order valence-corrected chi connectivity index (χ2v) is 0. The Balaban J connectivity index is 0. The molecule has 0 bridgehead atoms. The molecule has 23 valence electrons. The average molecular weight is 501 g/mol. The summed E-state index contributed by atoms with van der Waals surface area (Å²) in [6.45, 7) is 0. The summed E-state index contributed by atoms with van der Waals surface area (Å²) >= 11 is 0. The molecule has 0 spiro atoms. The van der Waals surface area contributed by atoms with E-state index in [0.29, 0.717) is 0 Å². The molecule has 0 unspecified atom stereocenters. The maximum absolute atomic E-state index is 0. The normalized spacial score (nSPS) is 0. The molecule has 0 nitrogen and oxygen atoms in total. The van der Waals surface area contributed by atoms with Crippen LogP contribution in [0.15, 0.2) is 0 Å². The van der Waals surface area contributed by atoms with Crippen molar-refractivity contribution in [3.05, 3.63) is 0 Å². The molecule has 0 aliphatic heterocycles. The molecule has 0 aliphatic rings. The second kappa shape index (κ2) is 24.3. The molecule has 0 saturated heterocycles. The fraction of sp³-hybridized carbons (Fsp3) is 0. The van der Waals surface area contributed by atoms with Crippen LogP contribution in [0.2, 0.25) is 0 Å². The largest absolute Gasteiger partial charge is 0 e. The standard InChI is InChI=1S/Al.As.Ba.Co.Hg.2H. The Morgan fingerprint density at radius 1 is 1.00 bits per heavy atom. The molecule has 0 aromatic carbocycles. The van der Waals surface area contributed by atoms with Crippen LogP contribution in [0.5, 0.6) is 0 Å². The SMILES string of the molecule is [Al].[As].[BaH2].[Co].[Hg]. The van der Waals surface area contributed by atoms with Gasteiger partial charge in [0, 0.05) is 79.8 Å². The van der Waals surface area contributed by atoms with Gasteiger partial charge < -0.3 is 0 Å². The van der Waals surface area contributed by atoms with Crippen LogP contribution >= 0.6 is 0 Å². The van der Waals surface area contributed by atoms with Gasteiger partial charge in [0.25, 0.3) is 0 Å². The van der Waals surface area contributed by atoms with Gasteiger partial charge in [-0.15, -0.1) is 0 Å². The van der Waals surface area contributed by atoms with Crippen molar-refractivity contribution >= 4 is 84.2 Å². The average Bonchev–Trinajstić information content (AvgIpc) is 0. The number of hydrogen-bond donors (Lipinski definition) is 0. The van der Waals surface area contributed by atoms with Gasteiger partial charge in [-0.3, -0.25) is 0 Å². The van der Waals surface area contributed by atoms with E-state index in [0.717, 1.165) is 0 Å². The first-order valence-corrected chi connectivity index (χ1v) is 0. The van der Waals surface area contributed by atoms with Gasteiger partial charge in [0.2, 0.25) is 0 Å². The summed E-state index contributed by atoms with van der Waals surface area (Å²) in [5.74, 6) is 0. The van der Waals surface area contributed by atoms with Crippen molar-refractivity contribution < 1.29 is 44.4 Å². The number of rotatable bonds is 0. The van der Waals surface area contributed by atoms with Crippen LogP contribution < -0.4 is 0 Å². The molecule has 0 aromatic heterocycles. The monoisotopic (exact) mass is 503 g/mol. The zero-order valence-corrected chi connectivity index (χ0v) is 11.6.